The molecule has 0 radical (unpaired) electrons. The van der Waals surface area contributed by atoms with E-state index in [1.165, 1.54) is 44.9 Å². The lowest BCUT2D eigenvalue weighted by Gasteiger charge is -2.35. The van der Waals surface area contributed by atoms with Crippen LogP contribution < -0.4 is 0 Å². The van der Waals surface area contributed by atoms with Crippen molar-refractivity contribution in [2.45, 2.75) is 86.5 Å². The molecule has 0 aromatic carbocycles. The fourth-order valence-electron chi connectivity index (χ4n) is 3.54. The predicted molar refractivity (Wildman–Crippen MR) is 78.2 cm³/mol. The highest BCUT2D eigenvalue weighted by molar-refractivity contribution is 4.88. The van der Waals surface area contributed by atoms with Crippen LogP contribution in [0.5, 0.6) is 0 Å². The van der Waals surface area contributed by atoms with Crippen molar-refractivity contribution >= 4 is 0 Å². The van der Waals surface area contributed by atoms with Gasteiger partial charge in [-0.3, -0.25) is 0 Å². The molecule has 1 fully saturated rings. The average molecular weight is 238 g/mol. The van der Waals surface area contributed by atoms with E-state index in [4.69, 9.17) is 0 Å². The summed E-state index contributed by atoms with van der Waals surface area (Å²) in [5, 5.41) is 0. The third-order valence-corrected chi connectivity index (χ3v) is 4.91. The summed E-state index contributed by atoms with van der Waals surface area (Å²) >= 11 is 0. The Morgan fingerprint density at radius 2 is 1.88 bits per heavy atom. The van der Waals surface area contributed by atoms with E-state index >= 15 is 0 Å². The van der Waals surface area contributed by atoms with E-state index < -0.39 is 0 Å². The molecule has 0 bridgehead atoms. The number of hydrogen-bond donors (Lipinski definition) is 0. The van der Waals surface area contributed by atoms with Crippen molar-refractivity contribution in [3.63, 3.8) is 0 Å². The Morgan fingerprint density at radius 1 is 1.24 bits per heavy atom. The Bertz CT molecular complexity index is 222. The Hall–Kier alpha value is 0. The summed E-state index contributed by atoms with van der Waals surface area (Å²) in [6.45, 7) is 14.6. The zero-order chi connectivity index (χ0) is 13.1. The highest BCUT2D eigenvalue weighted by Crippen LogP contribution is 2.48. The molecule has 0 nitrogen and oxygen atoms in total. The average Bonchev–Trinajstić information content (AvgIpc) is 2.44. The second-order valence-electron chi connectivity index (χ2n) is 8.23. The molecule has 0 heteroatoms. The molecule has 0 aliphatic heterocycles. The first-order valence-corrected chi connectivity index (χ1v) is 7.73. The molecule has 0 N–H and O–H groups in total. The summed E-state index contributed by atoms with van der Waals surface area (Å²) in [5.74, 6) is 1.84. The molecule has 1 atom stereocenters. The van der Waals surface area contributed by atoms with E-state index in [-0.39, 0.29) is 0 Å². The van der Waals surface area contributed by atoms with Gasteiger partial charge in [0, 0.05) is 0 Å². The molecule has 102 valence electrons. The van der Waals surface area contributed by atoms with Crippen LogP contribution in [0.2, 0.25) is 0 Å². The normalized spacial score (nSPS) is 24.5. The lowest BCUT2D eigenvalue weighted by molar-refractivity contribution is 0.158. The SMILES string of the molecule is CC(C)CCCC(C)(C)CC1CCCC1(C)C. The van der Waals surface area contributed by atoms with Gasteiger partial charge in [-0.05, 0) is 48.3 Å². The van der Waals surface area contributed by atoms with E-state index in [2.05, 4.69) is 41.5 Å². The lowest BCUT2D eigenvalue weighted by Crippen LogP contribution is -2.24. The molecule has 0 amide bonds. The second kappa shape index (κ2) is 5.76. The number of hydrogen-bond acceptors (Lipinski definition) is 0. The highest BCUT2D eigenvalue weighted by atomic mass is 14.4. The summed E-state index contributed by atoms with van der Waals surface area (Å²) in [4.78, 5) is 0. The van der Waals surface area contributed by atoms with Gasteiger partial charge in [-0.1, -0.05) is 60.8 Å². The van der Waals surface area contributed by atoms with Crippen LogP contribution >= 0.6 is 0 Å². The van der Waals surface area contributed by atoms with Crippen molar-refractivity contribution in [2.24, 2.45) is 22.7 Å². The minimum atomic E-state index is 0.557. The van der Waals surface area contributed by atoms with Gasteiger partial charge >= 0.3 is 0 Å². The summed E-state index contributed by atoms with van der Waals surface area (Å²) in [6.07, 6.45) is 10.0. The molecule has 0 spiro atoms. The minimum Gasteiger partial charge on any atom is -0.0628 e. The van der Waals surface area contributed by atoms with Gasteiger partial charge in [0.1, 0.15) is 0 Å². The largest absolute Gasteiger partial charge is 0.0628 e. The van der Waals surface area contributed by atoms with E-state index in [0.717, 1.165) is 11.8 Å². The standard InChI is InChI=1S/C17H34/c1-14(2)9-7-11-16(3,4)13-15-10-8-12-17(15,5)6/h14-15H,7-13H2,1-6H3. The molecule has 0 aromatic heterocycles. The van der Waals surface area contributed by atoms with Crippen molar-refractivity contribution in [2.75, 3.05) is 0 Å². The molecular weight excluding hydrogens is 204 g/mol. The van der Waals surface area contributed by atoms with Crippen molar-refractivity contribution in [1.82, 2.24) is 0 Å². The first kappa shape index (κ1) is 15.1. The van der Waals surface area contributed by atoms with Gasteiger partial charge in [0.2, 0.25) is 0 Å². The minimum absolute atomic E-state index is 0.557. The third-order valence-electron chi connectivity index (χ3n) is 4.91. The Labute approximate surface area is 110 Å². The van der Waals surface area contributed by atoms with Gasteiger partial charge < -0.3 is 0 Å². The fourth-order valence-corrected chi connectivity index (χ4v) is 3.54. The second-order valence-corrected chi connectivity index (χ2v) is 8.23. The van der Waals surface area contributed by atoms with Crippen LogP contribution in [-0.2, 0) is 0 Å². The maximum Gasteiger partial charge on any atom is -0.0326 e. The van der Waals surface area contributed by atoms with Crippen LogP contribution in [0.15, 0.2) is 0 Å². The van der Waals surface area contributed by atoms with Crippen LogP contribution in [0.4, 0.5) is 0 Å². The van der Waals surface area contributed by atoms with Gasteiger partial charge in [-0.25, -0.2) is 0 Å². The summed E-state index contributed by atoms with van der Waals surface area (Å²) in [6, 6.07) is 0. The number of rotatable bonds is 6. The summed E-state index contributed by atoms with van der Waals surface area (Å²) in [5.41, 5.74) is 1.16. The molecule has 1 unspecified atom stereocenters. The van der Waals surface area contributed by atoms with Crippen LogP contribution in [0.3, 0.4) is 0 Å². The molecular formula is C17H34. The molecule has 1 aliphatic rings. The Balaban J connectivity index is 2.38. The van der Waals surface area contributed by atoms with Crippen molar-refractivity contribution in [3.05, 3.63) is 0 Å². The lowest BCUT2D eigenvalue weighted by atomic mass is 9.71. The molecule has 1 saturated carbocycles. The van der Waals surface area contributed by atoms with Gasteiger partial charge in [0.25, 0.3) is 0 Å². The molecule has 0 heterocycles. The smallest absolute Gasteiger partial charge is 0.0326 e. The van der Waals surface area contributed by atoms with Crippen LogP contribution in [0.25, 0.3) is 0 Å². The van der Waals surface area contributed by atoms with Crippen molar-refractivity contribution in [1.29, 1.82) is 0 Å². The quantitative estimate of drug-likeness (QED) is 0.528. The molecule has 1 rings (SSSR count). The van der Waals surface area contributed by atoms with Gasteiger partial charge in [0.05, 0.1) is 0 Å². The van der Waals surface area contributed by atoms with E-state index in [0.29, 0.717) is 10.8 Å². The molecule has 0 aromatic rings. The van der Waals surface area contributed by atoms with Crippen molar-refractivity contribution < 1.29 is 0 Å². The third kappa shape index (κ3) is 5.02. The Morgan fingerprint density at radius 3 is 2.35 bits per heavy atom. The first-order valence-electron chi connectivity index (χ1n) is 7.73. The predicted octanol–water partition coefficient (Wildman–Crippen LogP) is 6.06. The fraction of sp³-hybridized carbons (Fsp3) is 1.00. The summed E-state index contributed by atoms with van der Waals surface area (Å²) in [7, 11) is 0. The monoisotopic (exact) mass is 238 g/mol. The van der Waals surface area contributed by atoms with E-state index in [9.17, 15) is 0 Å². The maximum atomic E-state index is 2.49. The highest BCUT2D eigenvalue weighted by Gasteiger charge is 2.37. The first-order chi connectivity index (χ1) is 7.73. The maximum absolute atomic E-state index is 2.49. The molecule has 0 saturated heterocycles. The van der Waals surface area contributed by atoms with Crippen molar-refractivity contribution in [3.8, 4) is 0 Å². The van der Waals surface area contributed by atoms with Crippen LogP contribution in [-0.4, -0.2) is 0 Å². The topological polar surface area (TPSA) is 0 Å². The van der Waals surface area contributed by atoms with E-state index in [1.807, 2.05) is 0 Å². The summed E-state index contributed by atoms with van der Waals surface area (Å²) < 4.78 is 0. The zero-order valence-electron chi connectivity index (χ0n) is 13.1. The zero-order valence-corrected chi connectivity index (χ0v) is 13.1. The molecule has 17 heavy (non-hydrogen) atoms. The van der Waals surface area contributed by atoms with Gasteiger partial charge in [-0.2, -0.15) is 0 Å². The van der Waals surface area contributed by atoms with Crippen LogP contribution in [0, 0.1) is 22.7 Å². The van der Waals surface area contributed by atoms with Gasteiger partial charge in [-0.15, -0.1) is 0 Å². The molecule has 1 aliphatic carbocycles. The van der Waals surface area contributed by atoms with Gasteiger partial charge in [0.15, 0.2) is 0 Å². The Kier molecular flexibility index (Phi) is 5.10. The van der Waals surface area contributed by atoms with E-state index in [1.54, 1.807) is 0 Å². The van der Waals surface area contributed by atoms with Crippen LogP contribution in [0.1, 0.15) is 86.5 Å².